The van der Waals surface area contributed by atoms with Crippen LogP contribution in [0.15, 0.2) is 36.4 Å². The standard InChI is InChI=1S/C25H33ClN2O4/c1-6-12-27-25(30)22(7-2)28(15-19-8-10-20(31-5)11-9-19)23(29)16-32-21-13-17(3)24(26)18(4)14-21/h8-11,13-14,22H,6-7,12,15-16H2,1-5H3,(H,27,30)/t22-/m0/s1. The van der Waals surface area contributed by atoms with Crippen LogP contribution >= 0.6 is 11.6 Å². The Kier molecular flexibility index (Phi) is 9.85. The number of amides is 2. The molecule has 0 aliphatic heterocycles. The number of hydrogen-bond acceptors (Lipinski definition) is 4. The van der Waals surface area contributed by atoms with E-state index >= 15 is 0 Å². The van der Waals surface area contributed by atoms with E-state index in [0.29, 0.717) is 30.3 Å². The van der Waals surface area contributed by atoms with Crippen LogP contribution < -0.4 is 14.8 Å². The van der Waals surface area contributed by atoms with Crippen molar-refractivity contribution in [3.05, 3.63) is 58.1 Å². The summed E-state index contributed by atoms with van der Waals surface area (Å²) in [6, 6.07) is 10.5. The largest absolute Gasteiger partial charge is 0.497 e. The van der Waals surface area contributed by atoms with Gasteiger partial charge in [-0.2, -0.15) is 0 Å². The topological polar surface area (TPSA) is 67.9 Å². The average Bonchev–Trinajstić information content (AvgIpc) is 2.79. The van der Waals surface area contributed by atoms with E-state index in [2.05, 4.69) is 5.32 Å². The van der Waals surface area contributed by atoms with Gasteiger partial charge in [0.2, 0.25) is 5.91 Å². The van der Waals surface area contributed by atoms with E-state index in [1.807, 2.05) is 64.1 Å². The van der Waals surface area contributed by atoms with Crippen molar-refractivity contribution in [2.24, 2.45) is 0 Å². The maximum absolute atomic E-state index is 13.2. The number of methoxy groups -OCH3 is 1. The van der Waals surface area contributed by atoms with Crippen LogP contribution in [-0.2, 0) is 16.1 Å². The molecular weight excluding hydrogens is 428 g/mol. The lowest BCUT2D eigenvalue weighted by molar-refractivity contribution is -0.143. The fourth-order valence-corrected chi connectivity index (χ4v) is 3.54. The maximum atomic E-state index is 13.2. The molecule has 174 valence electrons. The normalized spacial score (nSPS) is 11.6. The number of aryl methyl sites for hydroxylation is 2. The first kappa shape index (κ1) is 25.5. The second-order valence-corrected chi connectivity index (χ2v) is 8.12. The predicted octanol–water partition coefficient (Wildman–Crippen LogP) is 4.68. The second-order valence-electron chi connectivity index (χ2n) is 7.74. The Morgan fingerprint density at radius 1 is 1.06 bits per heavy atom. The van der Waals surface area contributed by atoms with Crippen LogP contribution in [0.4, 0.5) is 0 Å². The molecule has 0 bridgehead atoms. The molecule has 0 aliphatic rings. The first-order chi connectivity index (χ1) is 15.3. The fraction of sp³-hybridized carbons (Fsp3) is 0.440. The molecule has 0 heterocycles. The Morgan fingerprint density at radius 2 is 1.69 bits per heavy atom. The molecule has 0 spiro atoms. The van der Waals surface area contributed by atoms with Crippen LogP contribution in [0.25, 0.3) is 0 Å². The summed E-state index contributed by atoms with van der Waals surface area (Å²) >= 11 is 6.23. The third-order valence-electron chi connectivity index (χ3n) is 5.22. The van der Waals surface area contributed by atoms with Crippen molar-refractivity contribution < 1.29 is 19.1 Å². The van der Waals surface area contributed by atoms with E-state index in [4.69, 9.17) is 21.1 Å². The molecule has 2 aromatic rings. The van der Waals surface area contributed by atoms with Crippen molar-refractivity contribution in [3.63, 3.8) is 0 Å². The number of halogens is 1. The molecule has 1 N–H and O–H groups in total. The van der Waals surface area contributed by atoms with Gasteiger partial charge in [-0.25, -0.2) is 0 Å². The lowest BCUT2D eigenvalue weighted by Gasteiger charge is -2.30. The molecule has 0 aliphatic carbocycles. The van der Waals surface area contributed by atoms with E-state index in [1.54, 1.807) is 12.0 Å². The highest BCUT2D eigenvalue weighted by molar-refractivity contribution is 6.32. The molecule has 6 nitrogen and oxygen atoms in total. The molecule has 1 atom stereocenters. The molecule has 2 amide bonds. The van der Waals surface area contributed by atoms with Gasteiger partial charge in [0.25, 0.3) is 5.91 Å². The number of ether oxygens (including phenoxy) is 2. The van der Waals surface area contributed by atoms with Crippen LogP contribution in [0.3, 0.4) is 0 Å². The maximum Gasteiger partial charge on any atom is 0.261 e. The number of rotatable bonds is 11. The molecule has 0 aromatic heterocycles. The lowest BCUT2D eigenvalue weighted by Crippen LogP contribution is -2.50. The van der Waals surface area contributed by atoms with Crippen molar-refractivity contribution in [2.45, 2.75) is 53.1 Å². The van der Waals surface area contributed by atoms with Crippen LogP contribution in [0.2, 0.25) is 5.02 Å². The van der Waals surface area contributed by atoms with Crippen molar-refractivity contribution >= 4 is 23.4 Å². The zero-order chi connectivity index (χ0) is 23.7. The van der Waals surface area contributed by atoms with Crippen LogP contribution in [0.1, 0.15) is 43.4 Å². The second kappa shape index (κ2) is 12.3. The van der Waals surface area contributed by atoms with Gasteiger partial charge in [-0.05, 0) is 67.6 Å². The number of benzene rings is 2. The fourth-order valence-electron chi connectivity index (χ4n) is 3.43. The highest BCUT2D eigenvalue weighted by atomic mass is 35.5. The predicted molar refractivity (Wildman–Crippen MR) is 127 cm³/mol. The van der Waals surface area contributed by atoms with E-state index < -0.39 is 6.04 Å². The van der Waals surface area contributed by atoms with Gasteiger partial charge in [-0.3, -0.25) is 9.59 Å². The summed E-state index contributed by atoms with van der Waals surface area (Å²) in [6.45, 7) is 8.37. The molecule has 0 saturated carbocycles. The summed E-state index contributed by atoms with van der Waals surface area (Å²) in [5.74, 6) is 0.890. The van der Waals surface area contributed by atoms with E-state index in [-0.39, 0.29) is 18.4 Å². The van der Waals surface area contributed by atoms with E-state index in [1.165, 1.54) is 0 Å². The highest BCUT2D eigenvalue weighted by Gasteiger charge is 2.28. The molecular formula is C25H33ClN2O4. The molecule has 32 heavy (non-hydrogen) atoms. The minimum Gasteiger partial charge on any atom is -0.497 e. The Balaban J connectivity index is 2.22. The minimum atomic E-state index is -0.589. The molecule has 0 saturated heterocycles. The zero-order valence-electron chi connectivity index (χ0n) is 19.5. The number of nitrogens with zero attached hydrogens (tertiary/aromatic N) is 1. The van der Waals surface area contributed by atoms with Gasteiger partial charge in [0.15, 0.2) is 6.61 Å². The first-order valence-corrected chi connectivity index (χ1v) is 11.3. The Labute approximate surface area is 195 Å². The minimum absolute atomic E-state index is 0.158. The third-order valence-corrected chi connectivity index (χ3v) is 5.82. The zero-order valence-corrected chi connectivity index (χ0v) is 20.3. The van der Waals surface area contributed by atoms with Gasteiger partial charge in [-0.15, -0.1) is 0 Å². The summed E-state index contributed by atoms with van der Waals surface area (Å²) in [4.78, 5) is 27.6. The van der Waals surface area contributed by atoms with Gasteiger partial charge >= 0.3 is 0 Å². The molecule has 2 rings (SSSR count). The number of carbonyl (C=O) groups is 2. The molecule has 0 fully saturated rings. The summed E-state index contributed by atoms with van der Waals surface area (Å²) in [7, 11) is 1.60. The highest BCUT2D eigenvalue weighted by Crippen LogP contribution is 2.26. The Hall–Kier alpha value is -2.73. The molecule has 0 radical (unpaired) electrons. The van der Waals surface area contributed by atoms with Gasteiger partial charge in [0.1, 0.15) is 17.5 Å². The smallest absolute Gasteiger partial charge is 0.261 e. The molecule has 2 aromatic carbocycles. The third kappa shape index (κ3) is 6.89. The van der Waals surface area contributed by atoms with E-state index in [0.717, 1.165) is 28.9 Å². The number of nitrogens with one attached hydrogen (secondary N) is 1. The lowest BCUT2D eigenvalue weighted by atomic mass is 10.1. The summed E-state index contributed by atoms with van der Waals surface area (Å²) in [5, 5.41) is 3.59. The van der Waals surface area contributed by atoms with Crippen molar-refractivity contribution in [2.75, 3.05) is 20.3 Å². The monoisotopic (exact) mass is 460 g/mol. The average molecular weight is 461 g/mol. The number of hydrogen-bond donors (Lipinski definition) is 1. The van der Waals surface area contributed by atoms with Crippen molar-refractivity contribution in [1.29, 1.82) is 0 Å². The van der Waals surface area contributed by atoms with Crippen LogP contribution in [0, 0.1) is 13.8 Å². The summed E-state index contributed by atoms with van der Waals surface area (Å²) in [6.07, 6.45) is 1.32. The quantitative estimate of drug-likeness (QED) is 0.528. The van der Waals surface area contributed by atoms with Gasteiger partial charge in [-0.1, -0.05) is 37.6 Å². The van der Waals surface area contributed by atoms with Gasteiger partial charge in [0, 0.05) is 18.1 Å². The van der Waals surface area contributed by atoms with E-state index in [9.17, 15) is 9.59 Å². The Morgan fingerprint density at radius 3 is 2.22 bits per heavy atom. The van der Waals surface area contributed by atoms with Crippen molar-refractivity contribution in [1.82, 2.24) is 10.2 Å². The van der Waals surface area contributed by atoms with Crippen molar-refractivity contribution in [3.8, 4) is 11.5 Å². The Bertz CT molecular complexity index is 892. The SMILES string of the molecule is CCCNC(=O)[C@H](CC)N(Cc1ccc(OC)cc1)C(=O)COc1cc(C)c(Cl)c(C)c1. The van der Waals surface area contributed by atoms with Crippen LogP contribution in [-0.4, -0.2) is 43.0 Å². The summed E-state index contributed by atoms with van der Waals surface area (Å²) < 4.78 is 11.0. The van der Waals surface area contributed by atoms with Gasteiger partial charge in [0.05, 0.1) is 7.11 Å². The van der Waals surface area contributed by atoms with Crippen LogP contribution in [0.5, 0.6) is 11.5 Å². The first-order valence-electron chi connectivity index (χ1n) is 10.9. The van der Waals surface area contributed by atoms with Gasteiger partial charge < -0.3 is 19.7 Å². The molecule has 0 unspecified atom stereocenters. The number of carbonyl (C=O) groups excluding carboxylic acids is 2. The molecule has 7 heteroatoms. The summed E-state index contributed by atoms with van der Waals surface area (Å²) in [5.41, 5.74) is 2.67.